The second-order valence-electron chi connectivity index (χ2n) is 4.92. The van der Waals surface area contributed by atoms with Crippen molar-refractivity contribution in [3.63, 3.8) is 0 Å². The van der Waals surface area contributed by atoms with Gasteiger partial charge in [0.05, 0.1) is 0 Å². The van der Waals surface area contributed by atoms with E-state index in [2.05, 4.69) is 71.7 Å². The first-order chi connectivity index (χ1) is 9.43. The Balaban J connectivity index is 1.78. The summed E-state index contributed by atoms with van der Waals surface area (Å²) in [5.74, 6) is 2.47. The minimum absolute atomic E-state index is 0.511. The molecule has 19 heavy (non-hydrogen) atoms. The minimum atomic E-state index is 0.511. The lowest BCUT2D eigenvalue weighted by Crippen LogP contribution is -2.22. The summed E-state index contributed by atoms with van der Waals surface area (Å²) >= 11 is 2.06. The lowest BCUT2D eigenvalue weighted by Gasteiger charge is -2.16. The van der Waals surface area contributed by atoms with Gasteiger partial charge in [0.15, 0.2) is 0 Å². The first-order valence-electron chi connectivity index (χ1n) is 6.90. The van der Waals surface area contributed by atoms with Crippen LogP contribution < -0.4 is 5.32 Å². The topological polar surface area (TPSA) is 12.0 Å². The van der Waals surface area contributed by atoms with Crippen LogP contribution in [0.3, 0.4) is 0 Å². The van der Waals surface area contributed by atoms with Crippen molar-refractivity contribution in [3.8, 4) is 11.1 Å². The maximum Gasteiger partial charge on any atom is 0.0411 e. The van der Waals surface area contributed by atoms with Crippen molar-refractivity contribution in [2.24, 2.45) is 0 Å². The third-order valence-electron chi connectivity index (χ3n) is 3.56. The van der Waals surface area contributed by atoms with Crippen molar-refractivity contribution in [2.75, 3.05) is 18.1 Å². The smallest absolute Gasteiger partial charge is 0.0411 e. The molecule has 1 nitrogen and oxygen atoms in total. The van der Waals surface area contributed by atoms with Crippen molar-refractivity contribution in [3.05, 3.63) is 60.2 Å². The van der Waals surface area contributed by atoms with E-state index in [1.807, 2.05) is 0 Å². The molecule has 3 rings (SSSR count). The van der Waals surface area contributed by atoms with Crippen molar-refractivity contribution in [1.82, 2.24) is 5.32 Å². The van der Waals surface area contributed by atoms with Crippen LogP contribution in [0, 0.1) is 0 Å². The van der Waals surface area contributed by atoms with Crippen LogP contribution in [0.5, 0.6) is 0 Å². The summed E-state index contributed by atoms with van der Waals surface area (Å²) in [6.45, 7) is 1.14. The molecule has 1 aliphatic heterocycles. The Hall–Kier alpha value is -1.25. The Labute approximate surface area is 119 Å². The number of hydrogen-bond donors (Lipinski definition) is 1. The highest BCUT2D eigenvalue weighted by Crippen LogP contribution is 2.25. The van der Waals surface area contributed by atoms with Gasteiger partial charge in [-0.1, -0.05) is 54.6 Å². The van der Waals surface area contributed by atoms with E-state index >= 15 is 0 Å². The van der Waals surface area contributed by atoms with E-state index < -0.39 is 0 Å². The van der Waals surface area contributed by atoms with E-state index in [0.29, 0.717) is 6.04 Å². The molecule has 1 fully saturated rings. The first-order valence-corrected chi connectivity index (χ1v) is 8.05. The van der Waals surface area contributed by atoms with Crippen molar-refractivity contribution < 1.29 is 0 Å². The summed E-state index contributed by atoms with van der Waals surface area (Å²) in [7, 11) is 0. The lowest BCUT2D eigenvalue weighted by atomic mass is 10.0. The Kier molecular flexibility index (Phi) is 4.21. The Morgan fingerprint density at radius 1 is 0.895 bits per heavy atom. The van der Waals surface area contributed by atoms with Gasteiger partial charge < -0.3 is 5.32 Å². The molecule has 1 unspecified atom stereocenters. The quantitative estimate of drug-likeness (QED) is 0.880. The zero-order chi connectivity index (χ0) is 12.9. The predicted octanol–water partition coefficient (Wildman–Crippen LogP) is 4.12. The minimum Gasteiger partial charge on any atom is -0.309 e. The van der Waals surface area contributed by atoms with E-state index in [1.54, 1.807) is 0 Å². The van der Waals surface area contributed by atoms with Gasteiger partial charge in [0.25, 0.3) is 0 Å². The second-order valence-corrected chi connectivity index (χ2v) is 6.07. The highest BCUT2D eigenvalue weighted by Gasteiger charge is 2.13. The Bertz CT molecular complexity index is 499. The fourth-order valence-corrected chi connectivity index (χ4v) is 3.52. The van der Waals surface area contributed by atoms with Crippen LogP contribution in [0.4, 0.5) is 0 Å². The molecule has 0 aromatic heterocycles. The molecule has 2 aromatic rings. The molecule has 0 saturated carbocycles. The summed E-state index contributed by atoms with van der Waals surface area (Å²) in [4.78, 5) is 0. The van der Waals surface area contributed by atoms with Crippen LogP contribution in [0.25, 0.3) is 11.1 Å². The molecule has 2 heteroatoms. The van der Waals surface area contributed by atoms with Gasteiger partial charge >= 0.3 is 0 Å². The van der Waals surface area contributed by atoms with Gasteiger partial charge in [-0.25, -0.2) is 0 Å². The molecule has 1 heterocycles. The molecule has 1 aliphatic rings. The molecule has 1 atom stereocenters. The van der Waals surface area contributed by atoms with Gasteiger partial charge in [-0.2, -0.15) is 11.8 Å². The van der Waals surface area contributed by atoms with E-state index in [1.165, 1.54) is 34.6 Å². The van der Waals surface area contributed by atoms with Gasteiger partial charge in [0.1, 0.15) is 0 Å². The van der Waals surface area contributed by atoms with E-state index in [9.17, 15) is 0 Å². The molecule has 0 bridgehead atoms. The van der Waals surface area contributed by atoms with Crippen LogP contribution in [-0.2, 0) is 0 Å². The number of thioether (sulfide) groups is 1. The molecule has 0 radical (unpaired) electrons. The average Bonchev–Trinajstić information content (AvgIpc) is 2.77. The fraction of sp³-hybridized carbons (Fsp3) is 0.294. The molecule has 1 N–H and O–H groups in total. The van der Waals surface area contributed by atoms with Crippen LogP contribution in [0.1, 0.15) is 18.0 Å². The van der Waals surface area contributed by atoms with E-state index in [-0.39, 0.29) is 0 Å². The number of hydrogen-bond acceptors (Lipinski definition) is 2. The summed E-state index contributed by atoms with van der Waals surface area (Å²) < 4.78 is 0. The molecule has 0 spiro atoms. The molecule has 0 aliphatic carbocycles. The number of rotatable bonds is 2. The third-order valence-corrected chi connectivity index (χ3v) is 4.71. The zero-order valence-corrected chi connectivity index (χ0v) is 11.8. The SMILES string of the molecule is c1ccc(-c2ccc(C3CSCCCN3)cc2)cc1. The van der Waals surface area contributed by atoms with Crippen LogP contribution >= 0.6 is 11.8 Å². The fourth-order valence-electron chi connectivity index (χ4n) is 2.46. The molecular formula is C17H19NS. The monoisotopic (exact) mass is 269 g/mol. The molecule has 1 saturated heterocycles. The van der Waals surface area contributed by atoms with Gasteiger partial charge in [0, 0.05) is 11.8 Å². The van der Waals surface area contributed by atoms with Crippen LogP contribution in [0.2, 0.25) is 0 Å². The van der Waals surface area contributed by atoms with Crippen molar-refractivity contribution in [1.29, 1.82) is 0 Å². The molecular weight excluding hydrogens is 250 g/mol. The lowest BCUT2D eigenvalue weighted by molar-refractivity contribution is 0.590. The first kappa shape index (κ1) is 12.8. The van der Waals surface area contributed by atoms with Crippen LogP contribution in [0.15, 0.2) is 54.6 Å². The highest BCUT2D eigenvalue weighted by molar-refractivity contribution is 7.99. The van der Waals surface area contributed by atoms with E-state index in [4.69, 9.17) is 0 Å². The zero-order valence-electron chi connectivity index (χ0n) is 11.0. The normalized spacial score (nSPS) is 19.9. The average molecular weight is 269 g/mol. The molecule has 2 aromatic carbocycles. The Morgan fingerprint density at radius 3 is 2.42 bits per heavy atom. The standard InChI is InChI=1S/C17H19NS/c1-2-5-14(6-3-1)15-7-9-16(10-8-15)17-13-19-12-4-11-18-17/h1-3,5-10,17-18H,4,11-13H2. The third kappa shape index (κ3) is 3.20. The van der Waals surface area contributed by atoms with Crippen molar-refractivity contribution >= 4 is 11.8 Å². The summed E-state index contributed by atoms with van der Waals surface area (Å²) in [5.41, 5.74) is 4.00. The molecule has 0 amide bonds. The van der Waals surface area contributed by atoms with Gasteiger partial charge in [-0.3, -0.25) is 0 Å². The summed E-state index contributed by atoms with van der Waals surface area (Å²) in [6.07, 6.45) is 1.28. The number of benzene rings is 2. The van der Waals surface area contributed by atoms with Crippen LogP contribution in [-0.4, -0.2) is 18.1 Å². The predicted molar refractivity (Wildman–Crippen MR) is 84.6 cm³/mol. The summed E-state index contributed by atoms with van der Waals surface area (Å²) in [5, 5.41) is 3.64. The summed E-state index contributed by atoms with van der Waals surface area (Å²) in [6, 6.07) is 20.1. The van der Waals surface area contributed by atoms with E-state index in [0.717, 1.165) is 6.54 Å². The van der Waals surface area contributed by atoms with Gasteiger partial charge in [0.2, 0.25) is 0 Å². The van der Waals surface area contributed by atoms with Crippen molar-refractivity contribution in [2.45, 2.75) is 12.5 Å². The van der Waals surface area contributed by atoms with Gasteiger partial charge in [-0.05, 0) is 35.4 Å². The number of nitrogens with one attached hydrogen (secondary N) is 1. The molecule has 98 valence electrons. The maximum absolute atomic E-state index is 3.64. The highest BCUT2D eigenvalue weighted by atomic mass is 32.2. The second kappa shape index (κ2) is 6.27. The largest absolute Gasteiger partial charge is 0.309 e. The van der Waals surface area contributed by atoms with Gasteiger partial charge in [-0.15, -0.1) is 0 Å². The Morgan fingerprint density at radius 2 is 1.63 bits per heavy atom. The maximum atomic E-state index is 3.64.